The van der Waals surface area contributed by atoms with Crippen molar-refractivity contribution in [2.45, 2.75) is 24.4 Å². The number of aromatic amines is 1. The molecule has 38 heavy (non-hydrogen) atoms. The van der Waals surface area contributed by atoms with Gasteiger partial charge >= 0.3 is 0 Å². The van der Waals surface area contributed by atoms with Crippen molar-refractivity contribution in [2.75, 3.05) is 13.2 Å². The number of aliphatic hydroxyl groups is 1. The third-order valence-corrected chi connectivity index (χ3v) is 7.43. The Balaban J connectivity index is 1.11. The average Bonchev–Trinajstić information content (AvgIpc) is 3.71. The van der Waals surface area contributed by atoms with Gasteiger partial charge in [-0.15, -0.1) is 0 Å². The van der Waals surface area contributed by atoms with Crippen LogP contribution in [-0.4, -0.2) is 67.5 Å². The molecular weight excluding hydrogens is 506 g/mol. The van der Waals surface area contributed by atoms with Crippen molar-refractivity contribution in [3.63, 3.8) is 0 Å². The molecule has 0 amide bonds. The van der Waals surface area contributed by atoms with Crippen molar-refractivity contribution in [2.24, 2.45) is 7.05 Å². The summed E-state index contributed by atoms with van der Waals surface area (Å²) in [5, 5.41) is 14.7. The van der Waals surface area contributed by atoms with E-state index in [1.54, 1.807) is 12.3 Å². The first-order chi connectivity index (χ1) is 18.5. The highest BCUT2D eigenvalue weighted by atomic mass is 35.5. The van der Waals surface area contributed by atoms with E-state index in [9.17, 15) is 5.11 Å². The summed E-state index contributed by atoms with van der Waals surface area (Å²) >= 11 is 6.62. The normalized spacial score (nSPS) is 22.7. The van der Waals surface area contributed by atoms with E-state index in [1.807, 2.05) is 29.9 Å². The quantitative estimate of drug-likeness (QED) is 0.350. The third kappa shape index (κ3) is 4.04. The number of pyridine rings is 1. The number of ether oxygens (including phenoxy) is 3. The summed E-state index contributed by atoms with van der Waals surface area (Å²) in [5.41, 5.74) is 7.09. The van der Waals surface area contributed by atoms with Gasteiger partial charge in [0.2, 0.25) is 0 Å². The lowest BCUT2D eigenvalue weighted by Gasteiger charge is -2.15. The van der Waals surface area contributed by atoms with Gasteiger partial charge < -0.3 is 24.3 Å². The van der Waals surface area contributed by atoms with Crippen molar-refractivity contribution in [3.05, 3.63) is 71.9 Å². The fraction of sp³-hybridized carbons (Fsp3) is 0.250. The van der Waals surface area contributed by atoms with Gasteiger partial charge in [-0.1, -0.05) is 60.1 Å². The molecule has 4 atom stereocenters. The smallest absolute Gasteiger partial charge is 0.296 e. The molecule has 0 spiro atoms. The summed E-state index contributed by atoms with van der Waals surface area (Å²) in [6.45, 7) is 0.562. The minimum absolute atomic E-state index is 0.241. The number of fused-ring (bicyclic) bond motifs is 2. The number of aliphatic hydroxyl groups excluding tert-OH is 1. The van der Waals surface area contributed by atoms with Crippen LogP contribution in [0.4, 0.5) is 0 Å². The molecule has 7 rings (SSSR count). The zero-order valence-corrected chi connectivity index (χ0v) is 21.2. The van der Waals surface area contributed by atoms with Crippen molar-refractivity contribution >= 4 is 22.8 Å². The van der Waals surface area contributed by atoms with E-state index >= 15 is 0 Å². The Kier molecular flexibility index (Phi) is 5.66. The second-order valence-corrected chi connectivity index (χ2v) is 9.95. The van der Waals surface area contributed by atoms with Gasteiger partial charge in [0.15, 0.2) is 11.8 Å². The zero-order valence-electron chi connectivity index (χ0n) is 20.4. The number of halogens is 1. The summed E-state index contributed by atoms with van der Waals surface area (Å²) in [4.78, 5) is 12.3. The fourth-order valence-corrected chi connectivity index (χ4v) is 5.41. The minimum atomic E-state index is -0.634. The Hall–Kier alpha value is -3.76. The number of nitrogens with one attached hydrogen (secondary N) is 1. The molecule has 9 nitrogen and oxygen atoms in total. The topological polar surface area (TPSA) is 107 Å². The van der Waals surface area contributed by atoms with Crippen LogP contribution in [0.25, 0.3) is 44.8 Å². The van der Waals surface area contributed by atoms with Gasteiger partial charge in [-0.3, -0.25) is 4.68 Å². The lowest BCUT2D eigenvalue weighted by atomic mass is 10.0. The Morgan fingerprint density at radius 2 is 1.61 bits per heavy atom. The number of hydrogen-bond acceptors (Lipinski definition) is 7. The highest BCUT2D eigenvalue weighted by Crippen LogP contribution is 2.33. The Morgan fingerprint density at radius 3 is 2.32 bits per heavy atom. The van der Waals surface area contributed by atoms with Crippen LogP contribution in [0.15, 0.2) is 66.9 Å². The molecule has 5 heterocycles. The van der Waals surface area contributed by atoms with E-state index in [0.717, 1.165) is 27.9 Å². The largest absolute Gasteiger partial charge is 0.456 e. The maximum absolute atomic E-state index is 9.95. The number of aryl methyl sites for hydroxylation is 1. The van der Waals surface area contributed by atoms with Gasteiger partial charge in [-0.2, -0.15) is 10.1 Å². The maximum atomic E-state index is 9.95. The first-order valence-corrected chi connectivity index (χ1v) is 12.7. The summed E-state index contributed by atoms with van der Waals surface area (Å²) in [6, 6.07) is 20.7. The Labute approximate surface area is 223 Å². The Bertz CT molecular complexity index is 1620. The molecular formula is C28H24ClN5O4. The zero-order chi connectivity index (χ0) is 25.8. The fourth-order valence-electron chi connectivity index (χ4n) is 5.15. The van der Waals surface area contributed by atoms with Crippen LogP contribution >= 0.6 is 11.6 Å². The van der Waals surface area contributed by atoms with Crippen LogP contribution in [-0.2, 0) is 16.5 Å². The van der Waals surface area contributed by atoms with Crippen LogP contribution in [0, 0.1) is 0 Å². The van der Waals surface area contributed by atoms with E-state index in [2.05, 4.69) is 51.5 Å². The first-order valence-electron chi connectivity index (χ1n) is 12.4. The lowest BCUT2D eigenvalue weighted by molar-refractivity contribution is 0.00706. The molecule has 2 unspecified atom stereocenters. The summed E-state index contributed by atoms with van der Waals surface area (Å²) < 4.78 is 19.1. The minimum Gasteiger partial charge on any atom is -0.456 e. The van der Waals surface area contributed by atoms with Crippen molar-refractivity contribution < 1.29 is 19.3 Å². The van der Waals surface area contributed by atoms with Gasteiger partial charge in [0.25, 0.3) is 6.01 Å². The molecule has 2 N–H and O–H groups in total. The van der Waals surface area contributed by atoms with Crippen LogP contribution < -0.4 is 4.74 Å². The van der Waals surface area contributed by atoms with E-state index in [1.165, 1.54) is 0 Å². The monoisotopic (exact) mass is 529 g/mol. The SMILES string of the molecule is Cn1nccc1-c1ccc(-c2ccc(-c3nc4nc(O[C@@H]5COC6C5OC[C@H]6O)[nH]c4cc3Cl)cc2)cc1. The number of benzene rings is 2. The molecule has 2 aromatic carbocycles. The Morgan fingerprint density at radius 1 is 0.921 bits per heavy atom. The molecule has 2 aliphatic heterocycles. The van der Waals surface area contributed by atoms with E-state index in [4.69, 9.17) is 30.8 Å². The molecule has 2 saturated heterocycles. The molecule has 3 aromatic heterocycles. The number of H-pyrrole nitrogens is 1. The predicted molar refractivity (Wildman–Crippen MR) is 142 cm³/mol. The maximum Gasteiger partial charge on any atom is 0.296 e. The molecule has 0 radical (unpaired) electrons. The van der Waals surface area contributed by atoms with Crippen molar-refractivity contribution in [3.8, 4) is 39.7 Å². The molecule has 0 saturated carbocycles. The number of imidazole rings is 1. The molecule has 10 heteroatoms. The molecule has 2 aliphatic rings. The highest BCUT2D eigenvalue weighted by molar-refractivity contribution is 6.33. The number of hydrogen-bond donors (Lipinski definition) is 2. The summed E-state index contributed by atoms with van der Waals surface area (Å²) in [6.07, 6.45) is 0.106. The number of rotatable bonds is 5. The van der Waals surface area contributed by atoms with Gasteiger partial charge in [-0.25, -0.2) is 4.98 Å². The van der Waals surface area contributed by atoms with Crippen LogP contribution in [0.1, 0.15) is 0 Å². The lowest BCUT2D eigenvalue weighted by Crippen LogP contribution is -2.34. The number of nitrogens with zero attached hydrogens (tertiary/aromatic N) is 4. The van der Waals surface area contributed by atoms with Crippen molar-refractivity contribution in [1.29, 1.82) is 0 Å². The molecule has 2 fully saturated rings. The molecule has 5 aromatic rings. The highest BCUT2D eigenvalue weighted by Gasteiger charge is 2.48. The number of aromatic nitrogens is 5. The van der Waals surface area contributed by atoms with Gasteiger partial charge in [0.1, 0.15) is 18.3 Å². The predicted octanol–water partition coefficient (Wildman–Crippen LogP) is 4.25. The van der Waals surface area contributed by atoms with Crippen LogP contribution in [0.2, 0.25) is 5.02 Å². The van der Waals surface area contributed by atoms with Crippen molar-refractivity contribution in [1.82, 2.24) is 24.7 Å². The summed E-state index contributed by atoms with van der Waals surface area (Å²) in [5.74, 6) is 0. The van der Waals surface area contributed by atoms with E-state index in [-0.39, 0.29) is 24.9 Å². The first kappa shape index (κ1) is 23.4. The van der Waals surface area contributed by atoms with Gasteiger partial charge in [0, 0.05) is 18.8 Å². The second kappa shape index (κ2) is 9.21. The van der Waals surface area contributed by atoms with E-state index in [0.29, 0.717) is 34.5 Å². The summed E-state index contributed by atoms with van der Waals surface area (Å²) in [7, 11) is 1.94. The second-order valence-electron chi connectivity index (χ2n) is 9.55. The van der Waals surface area contributed by atoms with Crippen LogP contribution in [0.3, 0.4) is 0 Å². The molecule has 0 aliphatic carbocycles. The average molecular weight is 530 g/mol. The van der Waals surface area contributed by atoms with E-state index < -0.39 is 6.10 Å². The van der Waals surface area contributed by atoms with Gasteiger partial charge in [0.05, 0.1) is 35.1 Å². The molecule has 192 valence electrons. The third-order valence-electron chi connectivity index (χ3n) is 7.14. The van der Waals surface area contributed by atoms with Gasteiger partial charge in [-0.05, 0) is 28.8 Å². The molecule has 0 bridgehead atoms. The standard InChI is InChI=1S/C28H24ClN5O4/c1-34-21(10-11-30-34)17-6-2-15(3-7-17)16-4-8-18(9-5-16)24-19(29)12-20-27(32-24)33-28(31-20)38-23-14-37-25-22(35)13-36-26(23)25/h2-12,22-23,25-26,35H,13-14H2,1H3,(H,31,32,33)/t22-,23-,25?,26?/m1/s1. The van der Waals surface area contributed by atoms with Crippen LogP contribution in [0.5, 0.6) is 6.01 Å².